The summed E-state index contributed by atoms with van der Waals surface area (Å²) in [6.07, 6.45) is 2.02. The Kier molecular flexibility index (Phi) is 4.64. The van der Waals surface area contributed by atoms with Crippen LogP contribution in [-0.4, -0.2) is 17.0 Å². The van der Waals surface area contributed by atoms with Gasteiger partial charge in [0.25, 0.3) is 5.91 Å². The first-order chi connectivity index (χ1) is 13.4. The molecule has 2 aromatic carbocycles. The fourth-order valence-electron chi connectivity index (χ4n) is 4.06. The second kappa shape index (κ2) is 6.99. The van der Waals surface area contributed by atoms with E-state index in [0.29, 0.717) is 6.54 Å². The zero-order valence-corrected chi connectivity index (χ0v) is 17.3. The summed E-state index contributed by atoms with van der Waals surface area (Å²) >= 11 is 6.34. The van der Waals surface area contributed by atoms with Crippen LogP contribution < -0.4 is 4.90 Å². The molecular weight excluding hydrogens is 368 g/mol. The summed E-state index contributed by atoms with van der Waals surface area (Å²) in [5.74, 6) is 0.0624. The maximum absolute atomic E-state index is 13.0. The Hall–Kier alpha value is -2.78. The van der Waals surface area contributed by atoms with Crippen LogP contribution in [0, 0.1) is 20.8 Å². The normalized spacial score (nSPS) is 14.8. The third kappa shape index (κ3) is 2.78. The third-order valence-corrected chi connectivity index (χ3v) is 5.94. The molecule has 0 atom stereocenters. The Labute approximate surface area is 170 Å². The smallest absolute Gasteiger partial charge is 0.258 e. The fraction of sp³-hybridized carbons (Fsp3) is 0.208. The monoisotopic (exact) mass is 390 g/mol. The van der Waals surface area contributed by atoms with Gasteiger partial charge in [-0.15, -0.1) is 0 Å². The summed E-state index contributed by atoms with van der Waals surface area (Å²) in [5, 5.41) is 0.753. The van der Waals surface area contributed by atoms with Gasteiger partial charge in [0.05, 0.1) is 5.69 Å². The van der Waals surface area contributed by atoms with E-state index in [2.05, 4.69) is 30.5 Å². The van der Waals surface area contributed by atoms with Crippen molar-refractivity contribution < 1.29 is 4.79 Å². The molecule has 0 saturated carbocycles. The SMILES string of the molecule is CCN1C(=O)/C(=C/c2cc(C)n(-c3cccc(Cl)c3C)c2C)c2ccccc21. The van der Waals surface area contributed by atoms with Crippen LogP contribution in [0.4, 0.5) is 5.69 Å². The second-order valence-corrected chi connectivity index (χ2v) is 7.58. The minimum atomic E-state index is 0.0624. The van der Waals surface area contributed by atoms with Gasteiger partial charge in [-0.25, -0.2) is 0 Å². The molecule has 0 fully saturated rings. The highest BCUT2D eigenvalue weighted by atomic mass is 35.5. The molecule has 3 nitrogen and oxygen atoms in total. The standard InChI is InChI=1S/C24H23ClN2O/c1-5-26-23-11-7-6-9-19(23)20(24(26)28)14-18-13-15(2)27(17(18)4)22-12-8-10-21(25)16(22)3/h6-14H,5H2,1-4H3/b20-14+. The molecule has 1 aromatic heterocycles. The van der Waals surface area contributed by atoms with E-state index >= 15 is 0 Å². The number of carbonyl (C=O) groups excluding carboxylic acids is 1. The number of aryl methyl sites for hydroxylation is 1. The number of amides is 1. The Morgan fingerprint density at radius 3 is 2.46 bits per heavy atom. The summed E-state index contributed by atoms with van der Waals surface area (Å²) in [4.78, 5) is 14.8. The van der Waals surface area contributed by atoms with Crippen molar-refractivity contribution in [3.63, 3.8) is 0 Å². The van der Waals surface area contributed by atoms with Crippen molar-refractivity contribution in [2.45, 2.75) is 27.7 Å². The van der Waals surface area contributed by atoms with Crippen LogP contribution in [0.5, 0.6) is 0 Å². The lowest BCUT2D eigenvalue weighted by Gasteiger charge is -2.14. The van der Waals surface area contributed by atoms with Crippen molar-refractivity contribution in [1.29, 1.82) is 0 Å². The number of hydrogen-bond acceptors (Lipinski definition) is 1. The molecule has 28 heavy (non-hydrogen) atoms. The highest BCUT2D eigenvalue weighted by molar-refractivity contribution is 6.35. The number of benzene rings is 2. The van der Waals surface area contributed by atoms with Crippen molar-refractivity contribution >= 4 is 34.8 Å². The minimum absolute atomic E-state index is 0.0624. The predicted molar refractivity (Wildman–Crippen MR) is 117 cm³/mol. The maximum atomic E-state index is 13.0. The first kappa shape index (κ1) is 18.6. The quantitative estimate of drug-likeness (QED) is 0.506. The van der Waals surface area contributed by atoms with Crippen molar-refractivity contribution in [2.75, 3.05) is 11.4 Å². The van der Waals surface area contributed by atoms with Gasteiger partial charge in [0.15, 0.2) is 0 Å². The highest BCUT2D eigenvalue weighted by Gasteiger charge is 2.31. The van der Waals surface area contributed by atoms with Gasteiger partial charge in [0.1, 0.15) is 0 Å². The van der Waals surface area contributed by atoms with Gasteiger partial charge in [-0.2, -0.15) is 0 Å². The van der Waals surface area contributed by atoms with E-state index in [1.54, 1.807) is 0 Å². The molecule has 4 heteroatoms. The molecule has 4 rings (SSSR count). The molecular formula is C24H23ClN2O. The van der Waals surface area contributed by atoms with Crippen molar-refractivity contribution in [1.82, 2.24) is 4.57 Å². The van der Waals surface area contributed by atoms with Crippen LogP contribution >= 0.6 is 11.6 Å². The highest BCUT2D eigenvalue weighted by Crippen LogP contribution is 2.38. The molecule has 0 aliphatic carbocycles. The van der Waals surface area contributed by atoms with Crippen LogP contribution in [0.3, 0.4) is 0 Å². The predicted octanol–water partition coefficient (Wildman–Crippen LogP) is 5.96. The topological polar surface area (TPSA) is 25.2 Å². The molecule has 142 valence electrons. The van der Waals surface area contributed by atoms with Crippen molar-refractivity contribution in [3.8, 4) is 5.69 Å². The number of para-hydroxylation sites is 1. The lowest BCUT2D eigenvalue weighted by molar-refractivity contribution is -0.112. The van der Waals surface area contributed by atoms with E-state index in [9.17, 15) is 4.79 Å². The molecule has 0 saturated heterocycles. The number of anilines is 1. The number of fused-ring (bicyclic) bond motifs is 1. The van der Waals surface area contributed by atoms with E-state index in [1.807, 2.05) is 61.2 Å². The molecule has 0 spiro atoms. The maximum Gasteiger partial charge on any atom is 0.258 e. The average molecular weight is 391 g/mol. The summed E-state index contributed by atoms with van der Waals surface area (Å²) in [6, 6.07) is 16.1. The van der Waals surface area contributed by atoms with E-state index in [0.717, 1.165) is 50.0 Å². The first-order valence-corrected chi connectivity index (χ1v) is 9.89. The van der Waals surface area contributed by atoms with Crippen molar-refractivity contribution in [3.05, 3.63) is 81.6 Å². The molecule has 1 aliphatic heterocycles. The number of rotatable bonds is 3. The van der Waals surface area contributed by atoms with Crippen LogP contribution in [0.2, 0.25) is 5.02 Å². The van der Waals surface area contributed by atoms with Gasteiger partial charge >= 0.3 is 0 Å². The van der Waals surface area contributed by atoms with Gasteiger partial charge in [0, 0.05) is 39.8 Å². The van der Waals surface area contributed by atoms with Gasteiger partial charge in [-0.1, -0.05) is 35.9 Å². The first-order valence-electron chi connectivity index (χ1n) is 9.51. The zero-order chi connectivity index (χ0) is 20.0. The molecule has 3 aromatic rings. The van der Waals surface area contributed by atoms with Crippen LogP contribution in [0.15, 0.2) is 48.5 Å². The summed E-state index contributed by atoms with van der Waals surface area (Å²) < 4.78 is 2.20. The van der Waals surface area contributed by atoms with Gasteiger partial charge in [0.2, 0.25) is 0 Å². The van der Waals surface area contributed by atoms with Gasteiger partial charge in [-0.3, -0.25) is 4.79 Å². The Balaban J connectivity index is 1.87. The Morgan fingerprint density at radius 1 is 1.00 bits per heavy atom. The number of carbonyl (C=O) groups is 1. The minimum Gasteiger partial charge on any atom is -0.318 e. The molecule has 0 N–H and O–H groups in total. The van der Waals surface area contributed by atoms with Crippen molar-refractivity contribution in [2.24, 2.45) is 0 Å². The zero-order valence-electron chi connectivity index (χ0n) is 16.6. The molecule has 0 radical (unpaired) electrons. The second-order valence-electron chi connectivity index (χ2n) is 7.17. The van der Waals surface area contributed by atoms with E-state index in [1.165, 1.54) is 0 Å². The van der Waals surface area contributed by atoms with Crippen LogP contribution in [0.1, 0.15) is 35.0 Å². The van der Waals surface area contributed by atoms with E-state index in [4.69, 9.17) is 11.6 Å². The largest absolute Gasteiger partial charge is 0.318 e. The lowest BCUT2D eigenvalue weighted by Crippen LogP contribution is -2.25. The molecule has 1 amide bonds. The summed E-state index contributed by atoms with van der Waals surface area (Å²) in [7, 11) is 0. The Bertz CT molecular complexity index is 1120. The summed E-state index contributed by atoms with van der Waals surface area (Å²) in [5.41, 5.74) is 8.11. The van der Waals surface area contributed by atoms with Gasteiger partial charge in [-0.05, 0) is 69.2 Å². The van der Waals surface area contributed by atoms with Crippen LogP contribution in [0.25, 0.3) is 17.3 Å². The number of nitrogens with zero attached hydrogens (tertiary/aromatic N) is 2. The fourth-order valence-corrected chi connectivity index (χ4v) is 4.23. The summed E-state index contributed by atoms with van der Waals surface area (Å²) in [6.45, 7) is 8.87. The van der Waals surface area contributed by atoms with Crippen LogP contribution in [-0.2, 0) is 4.79 Å². The van der Waals surface area contributed by atoms with E-state index < -0.39 is 0 Å². The van der Waals surface area contributed by atoms with E-state index in [-0.39, 0.29) is 5.91 Å². The van der Waals surface area contributed by atoms with Gasteiger partial charge < -0.3 is 9.47 Å². The number of aromatic nitrogens is 1. The third-order valence-electron chi connectivity index (χ3n) is 5.53. The molecule has 0 unspecified atom stereocenters. The lowest BCUT2D eigenvalue weighted by atomic mass is 10.0. The molecule has 1 aliphatic rings. The Morgan fingerprint density at radius 2 is 1.71 bits per heavy atom. The molecule has 2 heterocycles. The number of hydrogen-bond donors (Lipinski definition) is 0. The number of halogens is 1. The molecule has 0 bridgehead atoms. The number of likely N-dealkylation sites (N-methyl/N-ethyl adjacent to an activating group) is 1. The average Bonchev–Trinajstić information content (AvgIpc) is 3.11.